The van der Waals surface area contributed by atoms with Gasteiger partial charge in [0, 0.05) is 0 Å². The molecule has 0 aliphatic carbocycles. The van der Waals surface area contributed by atoms with Gasteiger partial charge in [0.2, 0.25) is 5.91 Å². The number of amides is 1. The maximum atomic E-state index is 13.2. The van der Waals surface area contributed by atoms with E-state index in [0.717, 1.165) is 38.5 Å². The highest BCUT2D eigenvalue weighted by molar-refractivity contribution is 5.80. The van der Waals surface area contributed by atoms with Crippen LogP contribution in [0.15, 0.2) is 0 Å². The summed E-state index contributed by atoms with van der Waals surface area (Å²) < 4.78 is 11.2. The summed E-state index contributed by atoms with van der Waals surface area (Å²) in [6.45, 7) is 3.50. The fourth-order valence-corrected chi connectivity index (χ4v) is 10.4. The lowest BCUT2D eigenvalue weighted by Crippen LogP contribution is -2.60. The van der Waals surface area contributed by atoms with Gasteiger partial charge in [0.05, 0.1) is 25.4 Å². The first-order valence-electron chi connectivity index (χ1n) is 30.9. The minimum atomic E-state index is -1.66. The normalized spacial score (nSPS) is 20.0. The topological polar surface area (TPSA) is 189 Å². The lowest BCUT2D eigenvalue weighted by molar-refractivity contribution is -0.303. The monoisotopic (exact) mass is 1010 g/mol. The summed E-state index contributed by atoms with van der Waals surface area (Å²) in [6, 6.07) is -1.16. The van der Waals surface area contributed by atoms with E-state index in [2.05, 4.69) is 19.2 Å². The van der Waals surface area contributed by atoms with Crippen molar-refractivity contribution in [2.24, 2.45) is 0 Å². The number of rotatable bonds is 54. The van der Waals surface area contributed by atoms with Gasteiger partial charge in [-0.3, -0.25) is 4.79 Å². The highest BCUT2D eigenvalue weighted by Gasteiger charge is 2.44. The Morgan fingerprint density at radius 1 is 0.437 bits per heavy atom. The van der Waals surface area contributed by atoms with Gasteiger partial charge in [0.1, 0.15) is 36.6 Å². The molecule has 1 heterocycles. The van der Waals surface area contributed by atoms with Crippen LogP contribution in [0.5, 0.6) is 0 Å². The van der Waals surface area contributed by atoms with Gasteiger partial charge in [-0.25, -0.2) is 0 Å². The fourth-order valence-electron chi connectivity index (χ4n) is 10.4. The van der Waals surface area contributed by atoms with Crippen LogP contribution in [0.2, 0.25) is 0 Å². The van der Waals surface area contributed by atoms with Crippen molar-refractivity contribution in [2.45, 2.75) is 364 Å². The number of carbonyl (C=O) groups excluding carboxylic acids is 1. The molecule has 11 heteroatoms. The summed E-state index contributed by atoms with van der Waals surface area (Å²) in [4.78, 5) is 13.2. The number of hydrogen-bond donors (Lipinski definition) is 8. The second-order valence-corrected chi connectivity index (χ2v) is 22.1. The van der Waals surface area contributed by atoms with Crippen LogP contribution in [0.1, 0.15) is 309 Å². The molecule has 0 bridgehead atoms. The van der Waals surface area contributed by atoms with E-state index in [-0.39, 0.29) is 6.42 Å². The second kappa shape index (κ2) is 50.0. The van der Waals surface area contributed by atoms with Gasteiger partial charge in [0.15, 0.2) is 6.29 Å². The number of aliphatic hydroxyl groups excluding tert-OH is 7. The third kappa shape index (κ3) is 38.3. The molecule has 11 nitrogen and oxygen atoms in total. The van der Waals surface area contributed by atoms with E-state index in [1.165, 1.54) is 231 Å². The maximum Gasteiger partial charge on any atom is 0.249 e. The van der Waals surface area contributed by atoms with Gasteiger partial charge < -0.3 is 50.5 Å². The van der Waals surface area contributed by atoms with Crippen LogP contribution in [-0.2, 0) is 14.3 Å². The van der Waals surface area contributed by atoms with Crippen LogP contribution >= 0.6 is 0 Å². The van der Waals surface area contributed by atoms with Crippen molar-refractivity contribution in [3.8, 4) is 0 Å². The van der Waals surface area contributed by atoms with Crippen molar-refractivity contribution in [3.63, 3.8) is 0 Å². The number of aliphatic hydroxyl groups is 7. The molecule has 8 N–H and O–H groups in total. The SMILES string of the molecule is CCCCCCCCCCCCCCCCCCCCCCCCCCCCCC(O)C(O)C(COC1OC(CO)C(O)C(O)C1O)NC(=O)C(O)CCCCCCCCCCCCCCCCCCC. The van der Waals surface area contributed by atoms with E-state index in [0.29, 0.717) is 19.3 Å². The first kappa shape index (κ1) is 68.1. The van der Waals surface area contributed by atoms with E-state index in [1.54, 1.807) is 0 Å². The lowest BCUT2D eigenvalue weighted by Gasteiger charge is -2.40. The molecule has 71 heavy (non-hydrogen) atoms. The average Bonchev–Trinajstić information content (AvgIpc) is 3.37. The first-order valence-corrected chi connectivity index (χ1v) is 30.9. The third-order valence-electron chi connectivity index (χ3n) is 15.4. The van der Waals surface area contributed by atoms with Gasteiger partial charge in [0.25, 0.3) is 0 Å². The van der Waals surface area contributed by atoms with Crippen LogP contribution in [0.3, 0.4) is 0 Å². The Morgan fingerprint density at radius 3 is 1.04 bits per heavy atom. The van der Waals surface area contributed by atoms with Gasteiger partial charge in [-0.2, -0.15) is 0 Å². The summed E-state index contributed by atoms with van der Waals surface area (Å²) in [5.41, 5.74) is 0. The Labute approximate surface area is 437 Å². The van der Waals surface area contributed by atoms with Gasteiger partial charge in [-0.1, -0.05) is 296 Å². The van der Waals surface area contributed by atoms with Crippen LogP contribution in [-0.4, -0.2) is 110 Å². The smallest absolute Gasteiger partial charge is 0.249 e. The van der Waals surface area contributed by atoms with E-state index < -0.39 is 74.2 Å². The zero-order valence-electron chi connectivity index (χ0n) is 46.5. The predicted octanol–water partition coefficient (Wildman–Crippen LogP) is 13.4. The average molecular weight is 1010 g/mol. The summed E-state index contributed by atoms with van der Waals surface area (Å²) in [5, 5.41) is 76.3. The molecule has 0 aromatic carbocycles. The molecule has 9 unspecified atom stereocenters. The van der Waals surface area contributed by atoms with E-state index in [1.807, 2.05) is 0 Å². The molecule has 1 amide bonds. The van der Waals surface area contributed by atoms with Gasteiger partial charge in [-0.05, 0) is 12.8 Å². The molecule has 0 aromatic rings. The molecule has 0 aromatic heterocycles. The largest absolute Gasteiger partial charge is 0.394 e. The van der Waals surface area contributed by atoms with Crippen molar-refractivity contribution in [2.75, 3.05) is 13.2 Å². The maximum absolute atomic E-state index is 13.2. The van der Waals surface area contributed by atoms with E-state index >= 15 is 0 Å². The van der Waals surface area contributed by atoms with Crippen LogP contribution < -0.4 is 5.32 Å². The Balaban J connectivity index is 2.24. The Kier molecular flexibility index (Phi) is 47.9. The number of nitrogens with one attached hydrogen (secondary N) is 1. The van der Waals surface area contributed by atoms with Crippen molar-refractivity contribution < 1.29 is 50.0 Å². The van der Waals surface area contributed by atoms with Gasteiger partial charge in [-0.15, -0.1) is 0 Å². The van der Waals surface area contributed by atoms with Crippen molar-refractivity contribution in [1.82, 2.24) is 5.32 Å². The minimum Gasteiger partial charge on any atom is -0.394 e. The quantitative estimate of drug-likeness (QED) is 0.0272. The lowest BCUT2D eigenvalue weighted by atomic mass is 9.98. The molecule has 0 radical (unpaired) electrons. The Bertz CT molecular complexity index is 1120. The molecule has 1 aliphatic heterocycles. The summed E-state index contributed by atoms with van der Waals surface area (Å²) in [5.74, 6) is -0.689. The molecule has 1 rings (SSSR count). The Hall–Kier alpha value is -0.890. The molecule has 424 valence electrons. The van der Waals surface area contributed by atoms with E-state index in [4.69, 9.17) is 9.47 Å². The Morgan fingerprint density at radius 2 is 0.732 bits per heavy atom. The van der Waals surface area contributed by atoms with Crippen molar-refractivity contribution >= 4 is 5.91 Å². The highest BCUT2D eigenvalue weighted by atomic mass is 16.7. The molecule has 0 saturated carbocycles. The molecule has 1 saturated heterocycles. The van der Waals surface area contributed by atoms with E-state index in [9.17, 15) is 40.5 Å². The molecule has 9 atom stereocenters. The summed E-state index contributed by atoms with van der Waals surface area (Å²) in [7, 11) is 0. The molecular weight excluding hydrogens is 895 g/mol. The standard InChI is InChI=1S/C60H119NO10/c1-3-5-7-9-11-13-15-17-19-21-22-23-24-25-26-27-28-29-30-32-33-35-37-39-41-43-45-47-52(63)55(65)51(50-70-60-58(68)57(67)56(66)54(49-62)71-60)61-59(69)53(64)48-46-44-42-40-38-36-34-31-20-18-16-14-12-10-8-6-4-2/h51-58,60,62-68H,3-50H2,1-2H3,(H,61,69). The number of unbranched alkanes of at least 4 members (excludes halogenated alkanes) is 42. The zero-order chi connectivity index (χ0) is 51.8. The van der Waals surface area contributed by atoms with Crippen molar-refractivity contribution in [3.05, 3.63) is 0 Å². The fraction of sp³-hybridized carbons (Fsp3) is 0.983. The first-order chi connectivity index (χ1) is 34.7. The molecule has 1 aliphatic rings. The molecule has 1 fully saturated rings. The summed E-state index contributed by atoms with van der Waals surface area (Å²) in [6.07, 6.45) is 45.9. The second-order valence-electron chi connectivity index (χ2n) is 22.1. The molecule has 0 spiro atoms. The van der Waals surface area contributed by atoms with Crippen molar-refractivity contribution in [1.29, 1.82) is 0 Å². The predicted molar refractivity (Wildman–Crippen MR) is 293 cm³/mol. The summed E-state index contributed by atoms with van der Waals surface area (Å²) >= 11 is 0. The minimum absolute atomic E-state index is 0.267. The number of ether oxygens (including phenoxy) is 2. The zero-order valence-corrected chi connectivity index (χ0v) is 46.5. The van der Waals surface area contributed by atoms with Gasteiger partial charge >= 0.3 is 0 Å². The third-order valence-corrected chi connectivity index (χ3v) is 15.4. The van der Waals surface area contributed by atoms with Crippen LogP contribution in [0.4, 0.5) is 0 Å². The number of hydrogen-bond acceptors (Lipinski definition) is 10. The highest BCUT2D eigenvalue weighted by Crippen LogP contribution is 2.24. The van der Waals surface area contributed by atoms with Crippen LogP contribution in [0, 0.1) is 0 Å². The number of carbonyl (C=O) groups is 1. The molecular formula is C60H119NO10. The van der Waals surface area contributed by atoms with Crippen LogP contribution in [0.25, 0.3) is 0 Å².